The molecule has 2 N–H and O–H groups in total. The van der Waals surface area contributed by atoms with Gasteiger partial charge in [0.05, 0.1) is 6.61 Å². The van der Waals surface area contributed by atoms with Crippen LogP contribution >= 0.6 is 15.9 Å². The predicted octanol–water partition coefficient (Wildman–Crippen LogP) is 2.15. The predicted molar refractivity (Wildman–Crippen MR) is 70.9 cm³/mol. The summed E-state index contributed by atoms with van der Waals surface area (Å²) in [5.74, 6) is 0.363. The second kappa shape index (κ2) is 6.23. The minimum absolute atomic E-state index is 0.214. The number of ether oxygens (including phenoxy) is 1. The van der Waals surface area contributed by atoms with Gasteiger partial charge in [0, 0.05) is 29.6 Å². The number of hydrogen-bond donors (Lipinski definition) is 1. The maximum atomic E-state index is 13.2. The third kappa shape index (κ3) is 3.59. The maximum Gasteiger partial charge on any atom is 0.228 e. The van der Waals surface area contributed by atoms with Gasteiger partial charge in [-0.05, 0) is 18.2 Å². The van der Waals surface area contributed by atoms with Crippen molar-refractivity contribution in [2.75, 3.05) is 13.7 Å². The molecule has 1 aromatic carbocycles. The summed E-state index contributed by atoms with van der Waals surface area (Å²) in [5.41, 5.74) is 6.33. The van der Waals surface area contributed by atoms with Crippen LogP contribution in [0.3, 0.4) is 0 Å². The van der Waals surface area contributed by atoms with Crippen LogP contribution in [0.4, 0.5) is 4.39 Å². The van der Waals surface area contributed by atoms with E-state index < -0.39 is 0 Å². The molecule has 0 saturated carbocycles. The van der Waals surface area contributed by atoms with Crippen LogP contribution in [0.1, 0.15) is 5.89 Å². The lowest BCUT2D eigenvalue weighted by Gasteiger charge is -2.05. The highest BCUT2D eigenvalue weighted by molar-refractivity contribution is 9.10. The summed E-state index contributed by atoms with van der Waals surface area (Å²) in [5, 5.41) is 3.82. The summed E-state index contributed by atoms with van der Waals surface area (Å²) in [6, 6.07) is 4.07. The van der Waals surface area contributed by atoms with E-state index in [9.17, 15) is 4.39 Å². The molecular formula is C12H13BrFN3O2. The molecule has 0 bridgehead atoms. The molecule has 0 amide bonds. The van der Waals surface area contributed by atoms with Crippen molar-refractivity contribution in [3.8, 4) is 11.4 Å². The van der Waals surface area contributed by atoms with Crippen molar-refractivity contribution in [2.45, 2.75) is 12.5 Å². The third-order valence-corrected chi connectivity index (χ3v) is 3.15. The molecule has 1 aromatic heterocycles. The van der Waals surface area contributed by atoms with Crippen molar-refractivity contribution in [3.63, 3.8) is 0 Å². The Balaban J connectivity index is 2.18. The summed E-state index contributed by atoms with van der Waals surface area (Å²) in [6.45, 7) is 0.404. The maximum absolute atomic E-state index is 13.2. The molecule has 19 heavy (non-hydrogen) atoms. The fraction of sp³-hybridized carbons (Fsp3) is 0.333. The van der Waals surface area contributed by atoms with Crippen LogP contribution in [0.5, 0.6) is 0 Å². The van der Waals surface area contributed by atoms with E-state index in [1.807, 2.05) is 0 Å². The molecule has 1 unspecified atom stereocenters. The first-order chi connectivity index (χ1) is 9.10. The van der Waals surface area contributed by atoms with Crippen LogP contribution in [0.15, 0.2) is 27.2 Å². The number of benzene rings is 1. The first-order valence-electron chi connectivity index (χ1n) is 5.62. The van der Waals surface area contributed by atoms with E-state index in [2.05, 4.69) is 26.1 Å². The molecule has 1 heterocycles. The minimum atomic E-state index is -0.361. The van der Waals surface area contributed by atoms with Crippen LogP contribution in [0.25, 0.3) is 11.4 Å². The number of nitrogens with two attached hydrogens (primary N) is 1. The SMILES string of the molecule is COCC(N)Cc1nc(-c2cc(F)ccc2Br)no1. The zero-order valence-electron chi connectivity index (χ0n) is 10.3. The van der Waals surface area contributed by atoms with Gasteiger partial charge in [-0.25, -0.2) is 4.39 Å². The molecule has 0 radical (unpaired) electrons. The topological polar surface area (TPSA) is 74.2 Å². The van der Waals surface area contributed by atoms with Crippen LogP contribution in [-0.4, -0.2) is 29.9 Å². The van der Waals surface area contributed by atoms with Gasteiger partial charge in [-0.1, -0.05) is 21.1 Å². The van der Waals surface area contributed by atoms with E-state index in [1.165, 1.54) is 12.1 Å². The Morgan fingerprint density at radius 1 is 1.53 bits per heavy atom. The monoisotopic (exact) mass is 329 g/mol. The molecular weight excluding hydrogens is 317 g/mol. The van der Waals surface area contributed by atoms with Gasteiger partial charge >= 0.3 is 0 Å². The first kappa shape index (κ1) is 14.1. The second-order valence-corrected chi connectivity index (χ2v) is 4.91. The lowest BCUT2D eigenvalue weighted by molar-refractivity contribution is 0.176. The summed E-state index contributed by atoms with van der Waals surface area (Å²) in [7, 11) is 1.57. The number of nitrogens with zero attached hydrogens (tertiary/aromatic N) is 2. The van der Waals surface area contributed by atoms with Gasteiger partial charge in [0.15, 0.2) is 0 Å². The third-order valence-electron chi connectivity index (χ3n) is 2.45. The average Bonchev–Trinajstić information content (AvgIpc) is 2.81. The normalized spacial score (nSPS) is 12.6. The number of halogens is 2. The fourth-order valence-corrected chi connectivity index (χ4v) is 2.04. The average molecular weight is 330 g/mol. The van der Waals surface area contributed by atoms with Crippen molar-refractivity contribution < 1.29 is 13.7 Å². The molecule has 2 aromatic rings. The van der Waals surface area contributed by atoms with E-state index in [4.69, 9.17) is 15.0 Å². The van der Waals surface area contributed by atoms with Gasteiger partial charge in [-0.2, -0.15) is 4.98 Å². The van der Waals surface area contributed by atoms with Crippen molar-refractivity contribution in [1.82, 2.24) is 10.1 Å². The quantitative estimate of drug-likeness (QED) is 0.909. The molecule has 0 aliphatic heterocycles. The summed E-state index contributed by atoms with van der Waals surface area (Å²) in [6.07, 6.45) is 0.410. The molecule has 7 heteroatoms. The van der Waals surface area contributed by atoms with Gasteiger partial charge < -0.3 is 15.0 Å². The van der Waals surface area contributed by atoms with Gasteiger partial charge in [0.2, 0.25) is 11.7 Å². The molecule has 0 aliphatic rings. The van der Waals surface area contributed by atoms with Gasteiger partial charge in [-0.15, -0.1) is 0 Å². The Morgan fingerprint density at radius 2 is 2.32 bits per heavy atom. The Hall–Kier alpha value is -1.31. The second-order valence-electron chi connectivity index (χ2n) is 4.06. The zero-order chi connectivity index (χ0) is 13.8. The highest BCUT2D eigenvalue weighted by Gasteiger charge is 2.14. The van der Waals surface area contributed by atoms with Crippen LogP contribution in [0, 0.1) is 5.82 Å². The van der Waals surface area contributed by atoms with E-state index in [0.717, 1.165) is 0 Å². The van der Waals surface area contributed by atoms with Crippen molar-refractivity contribution in [2.24, 2.45) is 5.73 Å². The van der Waals surface area contributed by atoms with Crippen molar-refractivity contribution >= 4 is 15.9 Å². The van der Waals surface area contributed by atoms with E-state index in [0.29, 0.717) is 34.8 Å². The van der Waals surface area contributed by atoms with Crippen LogP contribution in [-0.2, 0) is 11.2 Å². The molecule has 0 spiro atoms. The Morgan fingerprint density at radius 3 is 3.05 bits per heavy atom. The van der Waals surface area contributed by atoms with Crippen molar-refractivity contribution in [3.05, 3.63) is 34.4 Å². The van der Waals surface area contributed by atoms with Crippen LogP contribution < -0.4 is 5.73 Å². The summed E-state index contributed by atoms with van der Waals surface area (Å²) < 4.78 is 23.9. The lowest BCUT2D eigenvalue weighted by Crippen LogP contribution is -2.28. The number of hydrogen-bond acceptors (Lipinski definition) is 5. The highest BCUT2D eigenvalue weighted by Crippen LogP contribution is 2.26. The molecule has 102 valence electrons. The molecule has 5 nitrogen and oxygen atoms in total. The molecule has 2 rings (SSSR count). The van der Waals surface area contributed by atoms with E-state index in [-0.39, 0.29) is 11.9 Å². The molecule has 0 fully saturated rings. The Bertz CT molecular complexity index is 562. The highest BCUT2D eigenvalue weighted by atomic mass is 79.9. The van der Waals surface area contributed by atoms with Gasteiger partial charge in [0.25, 0.3) is 0 Å². The lowest BCUT2D eigenvalue weighted by atomic mass is 10.2. The molecule has 1 atom stereocenters. The summed E-state index contributed by atoms with van der Waals surface area (Å²) in [4.78, 5) is 4.19. The smallest absolute Gasteiger partial charge is 0.228 e. The van der Waals surface area contributed by atoms with E-state index >= 15 is 0 Å². The zero-order valence-corrected chi connectivity index (χ0v) is 11.9. The molecule has 0 saturated heterocycles. The number of aromatic nitrogens is 2. The standard InChI is InChI=1S/C12H13BrFN3O2/c1-18-6-8(15)5-11-16-12(17-19-11)9-4-7(14)2-3-10(9)13/h2-4,8H,5-6,15H2,1H3. The first-order valence-corrected chi connectivity index (χ1v) is 6.42. The molecule has 0 aliphatic carbocycles. The number of rotatable bonds is 5. The minimum Gasteiger partial charge on any atom is -0.383 e. The van der Waals surface area contributed by atoms with E-state index in [1.54, 1.807) is 13.2 Å². The Kier molecular flexibility index (Phi) is 4.62. The Labute approximate surface area is 118 Å². The largest absolute Gasteiger partial charge is 0.383 e. The summed E-state index contributed by atoms with van der Waals surface area (Å²) >= 11 is 3.32. The van der Waals surface area contributed by atoms with Gasteiger partial charge in [-0.3, -0.25) is 0 Å². The number of methoxy groups -OCH3 is 1. The van der Waals surface area contributed by atoms with Gasteiger partial charge in [0.1, 0.15) is 5.82 Å². The fourth-order valence-electron chi connectivity index (χ4n) is 1.61. The van der Waals surface area contributed by atoms with Crippen molar-refractivity contribution in [1.29, 1.82) is 0 Å². The van der Waals surface area contributed by atoms with Crippen LogP contribution in [0.2, 0.25) is 0 Å².